The fourth-order valence-corrected chi connectivity index (χ4v) is 4.82. The van der Waals surface area contributed by atoms with Gasteiger partial charge < -0.3 is 15.0 Å². The number of aryl methyl sites for hydroxylation is 1. The Morgan fingerprint density at radius 1 is 1.17 bits per heavy atom. The Morgan fingerprint density at radius 3 is 2.28 bits per heavy atom. The van der Waals surface area contributed by atoms with Gasteiger partial charge in [-0.15, -0.1) is 0 Å². The predicted molar refractivity (Wildman–Crippen MR) is 109 cm³/mol. The monoisotopic (exact) mass is 426 g/mol. The van der Waals surface area contributed by atoms with Crippen LogP contribution in [0.4, 0.5) is 0 Å². The summed E-state index contributed by atoms with van der Waals surface area (Å²) < 4.78 is 31.8. The molecule has 1 aromatic rings. The molecule has 0 spiro atoms. The Hall–Kier alpha value is -1.97. The van der Waals surface area contributed by atoms with Gasteiger partial charge in [0.15, 0.2) is 6.54 Å². The number of nitrogens with one attached hydrogen (secondary N) is 2. The number of sulfonamides is 1. The van der Waals surface area contributed by atoms with Crippen molar-refractivity contribution in [3.8, 4) is 0 Å². The minimum atomic E-state index is -3.52. The van der Waals surface area contributed by atoms with Crippen molar-refractivity contribution in [3.05, 3.63) is 29.8 Å². The van der Waals surface area contributed by atoms with Gasteiger partial charge in [-0.05, 0) is 31.4 Å². The Kier molecular flexibility index (Phi) is 8.18. The first-order chi connectivity index (χ1) is 13.6. The van der Waals surface area contributed by atoms with Crippen LogP contribution in [0.5, 0.6) is 0 Å². The van der Waals surface area contributed by atoms with E-state index in [1.807, 2.05) is 20.8 Å². The molecule has 29 heavy (non-hydrogen) atoms. The maximum absolute atomic E-state index is 12.8. The standard InChI is InChI=1S/C20H31N3O5S/c1-15(2)13-18(20(25)28-4)21-19(24)14-22-9-11-23(12-10-22)29(26,27)17-7-5-16(3)6-8-17/h5-8,15,18H,9-14H2,1-4H3,(H,21,24)/p+1/t18-/m0/s1. The first-order valence-electron chi connectivity index (χ1n) is 9.91. The highest BCUT2D eigenvalue weighted by molar-refractivity contribution is 7.89. The van der Waals surface area contributed by atoms with Crippen LogP contribution in [-0.4, -0.2) is 70.5 Å². The quantitative estimate of drug-likeness (QED) is 0.551. The van der Waals surface area contributed by atoms with Gasteiger partial charge in [0.05, 0.1) is 38.2 Å². The highest BCUT2D eigenvalue weighted by Gasteiger charge is 2.32. The molecule has 1 saturated heterocycles. The predicted octanol–water partition coefficient (Wildman–Crippen LogP) is -0.412. The van der Waals surface area contributed by atoms with Crippen molar-refractivity contribution in [2.24, 2.45) is 5.92 Å². The molecule has 1 heterocycles. The van der Waals surface area contributed by atoms with E-state index in [1.54, 1.807) is 24.3 Å². The van der Waals surface area contributed by atoms with E-state index < -0.39 is 22.0 Å². The number of carbonyl (C=O) groups excluding carboxylic acids is 2. The molecule has 9 heteroatoms. The summed E-state index contributed by atoms with van der Waals surface area (Å²) in [6, 6.07) is 6.16. The van der Waals surface area contributed by atoms with Crippen LogP contribution >= 0.6 is 0 Å². The van der Waals surface area contributed by atoms with E-state index in [1.165, 1.54) is 11.4 Å². The van der Waals surface area contributed by atoms with Crippen LogP contribution in [0.3, 0.4) is 0 Å². The Bertz CT molecular complexity index is 800. The van der Waals surface area contributed by atoms with Crippen molar-refractivity contribution in [1.82, 2.24) is 9.62 Å². The third kappa shape index (κ3) is 6.52. The third-order valence-corrected chi connectivity index (χ3v) is 6.94. The number of amides is 1. The van der Waals surface area contributed by atoms with Crippen LogP contribution in [0.1, 0.15) is 25.8 Å². The summed E-state index contributed by atoms with van der Waals surface area (Å²) in [5.41, 5.74) is 1.01. The maximum atomic E-state index is 12.8. The summed E-state index contributed by atoms with van der Waals surface area (Å²) in [6.07, 6.45) is 0.510. The zero-order valence-electron chi connectivity index (χ0n) is 17.6. The summed E-state index contributed by atoms with van der Waals surface area (Å²) in [4.78, 5) is 25.5. The number of hydrogen-bond donors (Lipinski definition) is 2. The molecule has 0 radical (unpaired) electrons. The normalized spacial score (nSPS) is 17.1. The van der Waals surface area contributed by atoms with E-state index in [0.29, 0.717) is 37.5 Å². The molecular weight excluding hydrogens is 394 g/mol. The van der Waals surface area contributed by atoms with E-state index in [4.69, 9.17) is 4.74 Å². The van der Waals surface area contributed by atoms with Crippen LogP contribution in [0.2, 0.25) is 0 Å². The van der Waals surface area contributed by atoms with Crippen LogP contribution in [0.25, 0.3) is 0 Å². The first-order valence-corrected chi connectivity index (χ1v) is 11.3. The largest absolute Gasteiger partial charge is 0.467 e. The molecule has 1 fully saturated rings. The average Bonchev–Trinajstić information content (AvgIpc) is 2.67. The third-order valence-electron chi connectivity index (χ3n) is 5.03. The molecule has 2 rings (SSSR count). The number of esters is 1. The van der Waals surface area contributed by atoms with Gasteiger partial charge in [-0.3, -0.25) is 4.79 Å². The summed E-state index contributed by atoms with van der Waals surface area (Å²) in [7, 11) is -2.21. The molecule has 1 aliphatic rings. The van der Waals surface area contributed by atoms with Gasteiger partial charge >= 0.3 is 5.97 Å². The molecule has 1 atom stereocenters. The second-order valence-corrected chi connectivity index (χ2v) is 9.85. The molecular formula is C20H32N3O5S+. The Morgan fingerprint density at radius 2 is 1.76 bits per heavy atom. The zero-order chi connectivity index (χ0) is 21.6. The van der Waals surface area contributed by atoms with Gasteiger partial charge in [0.25, 0.3) is 5.91 Å². The van der Waals surface area contributed by atoms with E-state index in [-0.39, 0.29) is 18.4 Å². The van der Waals surface area contributed by atoms with Crippen molar-refractivity contribution >= 4 is 21.9 Å². The minimum absolute atomic E-state index is 0.198. The summed E-state index contributed by atoms with van der Waals surface area (Å²) in [5, 5.41) is 2.75. The van der Waals surface area contributed by atoms with Crippen LogP contribution < -0.4 is 10.2 Å². The van der Waals surface area contributed by atoms with Crippen molar-refractivity contribution in [2.45, 2.75) is 38.1 Å². The molecule has 0 aliphatic carbocycles. The molecule has 0 bridgehead atoms. The zero-order valence-corrected chi connectivity index (χ0v) is 18.4. The first kappa shape index (κ1) is 23.3. The minimum Gasteiger partial charge on any atom is -0.467 e. The number of hydrogen-bond acceptors (Lipinski definition) is 5. The number of piperazine rings is 1. The molecule has 0 saturated carbocycles. The second-order valence-electron chi connectivity index (χ2n) is 7.92. The summed E-state index contributed by atoms with van der Waals surface area (Å²) in [5.74, 6) is -0.441. The van der Waals surface area contributed by atoms with Gasteiger partial charge in [0.1, 0.15) is 6.04 Å². The van der Waals surface area contributed by atoms with Crippen molar-refractivity contribution in [2.75, 3.05) is 39.8 Å². The number of quaternary nitrogens is 1. The van der Waals surface area contributed by atoms with Crippen molar-refractivity contribution in [3.63, 3.8) is 0 Å². The Labute approximate surface area is 173 Å². The number of carbonyl (C=O) groups is 2. The lowest BCUT2D eigenvalue weighted by molar-refractivity contribution is -0.895. The number of rotatable bonds is 8. The fraction of sp³-hybridized carbons (Fsp3) is 0.600. The molecule has 8 nitrogen and oxygen atoms in total. The smallest absolute Gasteiger partial charge is 0.328 e. The molecule has 0 aromatic heterocycles. The van der Waals surface area contributed by atoms with Crippen LogP contribution in [0.15, 0.2) is 29.2 Å². The molecule has 1 amide bonds. The fourth-order valence-electron chi connectivity index (χ4n) is 3.38. The summed E-state index contributed by atoms with van der Waals surface area (Å²) in [6.45, 7) is 7.83. The SMILES string of the molecule is COC(=O)[C@H](CC(C)C)NC(=O)C[NH+]1CCN(S(=O)(=O)c2ccc(C)cc2)CC1. The van der Waals surface area contributed by atoms with Gasteiger partial charge in [0.2, 0.25) is 10.0 Å². The Balaban J connectivity index is 1.89. The molecule has 162 valence electrons. The highest BCUT2D eigenvalue weighted by Crippen LogP contribution is 2.16. The van der Waals surface area contributed by atoms with Crippen LogP contribution in [-0.2, 0) is 24.3 Å². The number of ether oxygens (including phenoxy) is 1. The number of methoxy groups -OCH3 is 1. The van der Waals surface area contributed by atoms with Crippen molar-refractivity contribution in [1.29, 1.82) is 0 Å². The second kappa shape index (κ2) is 10.2. The van der Waals surface area contributed by atoms with Crippen LogP contribution in [0, 0.1) is 12.8 Å². The summed E-state index contributed by atoms with van der Waals surface area (Å²) >= 11 is 0. The van der Waals surface area contributed by atoms with E-state index >= 15 is 0 Å². The topological polar surface area (TPSA) is 97.2 Å². The van der Waals surface area contributed by atoms with Gasteiger partial charge in [-0.25, -0.2) is 13.2 Å². The number of benzene rings is 1. The number of nitrogens with zero attached hydrogens (tertiary/aromatic N) is 1. The lowest BCUT2D eigenvalue weighted by Crippen LogP contribution is -3.15. The van der Waals surface area contributed by atoms with Crippen molar-refractivity contribution < 1.29 is 27.6 Å². The van der Waals surface area contributed by atoms with E-state index in [0.717, 1.165) is 10.5 Å². The molecule has 1 aromatic carbocycles. The van der Waals surface area contributed by atoms with E-state index in [2.05, 4.69) is 5.32 Å². The molecule has 0 unspecified atom stereocenters. The average molecular weight is 427 g/mol. The van der Waals surface area contributed by atoms with Gasteiger partial charge in [0, 0.05) is 0 Å². The molecule has 1 aliphatic heterocycles. The van der Waals surface area contributed by atoms with E-state index in [9.17, 15) is 18.0 Å². The lowest BCUT2D eigenvalue weighted by atomic mass is 10.0. The highest BCUT2D eigenvalue weighted by atomic mass is 32.2. The van der Waals surface area contributed by atoms with Gasteiger partial charge in [-0.1, -0.05) is 31.5 Å². The molecule has 2 N–H and O–H groups in total. The maximum Gasteiger partial charge on any atom is 0.328 e. The lowest BCUT2D eigenvalue weighted by Gasteiger charge is -2.31. The van der Waals surface area contributed by atoms with Gasteiger partial charge in [-0.2, -0.15) is 4.31 Å².